The molecule has 1 aliphatic carbocycles. The standard InChI is InChI=1S/C19H27N5O4S/c1-12(2)23-29(26,27)17-8-15(7-16(9-17)20-10-14-5-6-14)19(25)24(4)11-18-13(3)21-28-22-18/h7-9,12,14,20,23H,5-6,10-11H2,1-4H3. The summed E-state index contributed by atoms with van der Waals surface area (Å²) in [5.74, 6) is 0.289. The highest BCUT2D eigenvalue weighted by Gasteiger charge is 2.24. The van der Waals surface area contributed by atoms with E-state index in [1.54, 1.807) is 40.0 Å². The fourth-order valence-electron chi connectivity index (χ4n) is 2.85. The van der Waals surface area contributed by atoms with E-state index in [-0.39, 0.29) is 29.0 Å². The Morgan fingerprint density at radius 1 is 1.28 bits per heavy atom. The molecule has 1 aromatic heterocycles. The van der Waals surface area contributed by atoms with Crippen LogP contribution in [-0.2, 0) is 16.6 Å². The van der Waals surface area contributed by atoms with Crippen molar-refractivity contribution >= 4 is 21.6 Å². The molecule has 10 heteroatoms. The molecule has 29 heavy (non-hydrogen) atoms. The monoisotopic (exact) mass is 421 g/mol. The summed E-state index contributed by atoms with van der Waals surface area (Å²) in [7, 11) is -2.12. The van der Waals surface area contributed by atoms with E-state index in [9.17, 15) is 13.2 Å². The first-order chi connectivity index (χ1) is 13.7. The van der Waals surface area contributed by atoms with Gasteiger partial charge in [-0.25, -0.2) is 17.8 Å². The van der Waals surface area contributed by atoms with Crippen LogP contribution in [0.1, 0.15) is 48.4 Å². The molecule has 0 aliphatic heterocycles. The van der Waals surface area contributed by atoms with Gasteiger partial charge in [0.15, 0.2) is 0 Å². The number of hydrogen-bond acceptors (Lipinski definition) is 7. The van der Waals surface area contributed by atoms with Gasteiger partial charge in [-0.05, 0) is 57.7 Å². The minimum atomic E-state index is -3.74. The number of carbonyl (C=O) groups is 1. The number of sulfonamides is 1. The molecule has 158 valence electrons. The van der Waals surface area contributed by atoms with Gasteiger partial charge in [0, 0.05) is 30.9 Å². The molecule has 0 bridgehead atoms. The molecule has 1 fully saturated rings. The van der Waals surface area contributed by atoms with Crippen molar-refractivity contribution in [2.45, 2.75) is 51.1 Å². The van der Waals surface area contributed by atoms with Crippen molar-refractivity contribution in [3.8, 4) is 0 Å². The van der Waals surface area contributed by atoms with Crippen LogP contribution in [0.5, 0.6) is 0 Å². The maximum atomic E-state index is 13.0. The third-order valence-corrected chi connectivity index (χ3v) is 6.26. The van der Waals surface area contributed by atoms with Gasteiger partial charge in [0.05, 0.1) is 11.4 Å². The molecule has 9 nitrogen and oxygen atoms in total. The van der Waals surface area contributed by atoms with E-state index in [1.807, 2.05) is 0 Å². The molecule has 2 aromatic rings. The fraction of sp³-hybridized carbons (Fsp3) is 0.526. The Bertz CT molecular complexity index is 982. The second kappa shape index (κ2) is 8.50. The predicted octanol–water partition coefficient (Wildman–Crippen LogP) is 2.16. The van der Waals surface area contributed by atoms with Gasteiger partial charge < -0.3 is 10.2 Å². The van der Waals surface area contributed by atoms with Crippen LogP contribution < -0.4 is 10.0 Å². The highest BCUT2D eigenvalue weighted by atomic mass is 32.2. The van der Waals surface area contributed by atoms with Crippen LogP contribution in [0.3, 0.4) is 0 Å². The number of benzene rings is 1. The predicted molar refractivity (Wildman–Crippen MR) is 108 cm³/mol. The van der Waals surface area contributed by atoms with Gasteiger partial charge in [-0.2, -0.15) is 0 Å². The van der Waals surface area contributed by atoms with E-state index < -0.39 is 10.0 Å². The van der Waals surface area contributed by atoms with Gasteiger partial charge in [0.25, 0.3) is 5.91 Å². The number of nitrogens with zero attached hydrogens (tertiary/aromatic N) is 3. The van der Waals surface area contributed by atoms with Crippen LogP contribution in [0, 0.1) is 12.8 Å². The molecule has 0 radical (unpaired) electrons. The third kappa shape index (κ3) is 5.54. The number of rotatable bonds is 9. The summed E-state index contributed by atoms with van der Waals surface area (Å²) in [6.07, 6.45) is 2.33. The molecule has 0 unspecified atom stereocenters. The molecule has 1 aliphatic rings. The third-order valence-electron chi connectivity index (χ3n) is 4.63. The Morgan fingerprint density at radius 2 is 2.00 bits per heavy atom. The van der Waals surface area contributed by atoms with Crippen LogP contribution >= 0.6 is 0 Å². The van der Waals surface area contributed by atoms with Gasteiger partial charge in [-0.1, -0.05) is 10.3 Å². The summed E-state index contributed by atoms with van der Waals surface area (Å²) in [6, 6.07) is 4.39. The number of aryl methyl sites for hydroxylation is 1. The van der Waals surface area contributed by atoms with Crippen LogP contribution in [0.2, 0.25) is 0 Å². The lowest BCUT2D eigenvalue weighted by molar-refractivity contribution is 0.0781. The Hall–Kier alpha value is -2.46. The first-order valence-electron chi connectivity index (χ1n) is 9.60. The molecular formula is C19H27N5O4S. The average Bonchev–Trinajstić information content (AvgIpc) is 3.40. The maximum absolute atomic E-state index is 13.0. The number of hydrogen-bond donors (Lipinski definition) is 2. The van der Waals surface area contributed by atoms with Gasteiger partial charge in [-0.15, -0.1) is 0 Å². The molecule has 1 aromatic carbocycles. The maximum Gasteiger partial charge on any atom is 0.254 e. The smallest absolute Gasteiger partial charge is 0.254 e. The normalized spacial score (nSPS) is 14.2. The van der Waals surface area contributed by atoms with Crippen LogP contribution in [0.4, 0.5) is 5.69 Å². The van der Waals surface area contributed by atoms with E-state index in [2.05, 4.69) is 25.0 Å². The highest BCUT2D eigenvalue weighted by Crippen LogP contribution is 2.29. The lowest BCUT2D eigenvalue weighted by Crippen LogP contribution is -2.31. The van der Waals surface area contributed by atoms with Crippen molar-refractivity contribution in [1.29, 1.82) is 0 Å². The van der Waals surface area contributed by atoms with Crippen molar-refractivity contribution in [1.82, 2.24) is 19.9 Å². The first-order valence-corrected chi connectivity index (χ1v) is 11.1. The molecule has 0 atom stereocenters. The summed E-state index contributed by atoms with van der Waals surface area (Å²) in [4.78, 5) is 14.5. The summed E-state index contributed by atoms with van der Waals surface area (Å²) in [5, 5.41) is 10.8. The van der Waals surface area contributed by atoms with E-state index in [0.29, 0.717) is 23.0 Å². The molecule has 3 rings (SSSR count). The summed E-state index contributed by atoms with van der Waals surface area (Å²) >= 11 is 0. The summed E-state index contributed by atoms with van der Waals surface area (Å²) in [5.41, 5.74) is 2.05. The molecule has 2 N–H and O–H groups in total. The van der Waals surface area contributed by atoms with Gasteiger partial charge >= 0.3 is 0 Å². The van der Waals surface area contributed by atoms with E-state index >= 15 is 0 Å². The van der Waals surface area contributed by atoms with Crippen molar-refractivity contribution in [2.24, 2.45) is 5.92 Å². The van der Waals surface area contributed by atoms with Crippen molar-refractivity contribution in [3.05, 3.63) is 35.2 Å². The number of carbonyl (C=O) groups excluding carboxylic acids is 1. The number of anilines is 1. The van der Waals surface area contributed by atoms with Gasteiger partial charge in [0.1, 0.15) is 11.4 Å². The molecule has 1 heterocycles. The van der Waals surface area contributed by atoms with Crippen LogP contribution in [-0.4, -0.2) is 49.2 Å². The molecule has 1 amide bonds. The molecular weight excluding hydrogens is 394 g/mol. The van der Waals surface area contributed by atoms with Gasteiger partial charge in [0.2, 0.25) is 10.0 Å². The van der Waals surface area contributed by atoms with Crippen molar-refractivity contribution < 1.29 is 17.8 Å². The molecule has 0 spiro atoms. The minimum absolute atomic E-state index is 0.0584. The largest absolute Gasteiger partial charge is 0.385 e. The fourth-order valence-corrected chi connectivity index (χ4v) is 4.17. The zero-order valence-electron chi connectivity index (χ0n) is 17.1. The Labute approximate surface area is 170 Å². The van der Waals surface area contributed by atoms with E-state index in [0.717, 1.165) is 6.54 Å². The molecule has 1 saturated carbocycles. The number of nitrogens with one attached hydrogen (secondary N) is 2. The lowest BCUT2D eigenvalue weighted by atomic mass is 10.1. The first kappa shape index (κ1) is 21.3. The Balaban J connectivity index is 1.88. The Morgan fingerprint density at radius 3 is 2.59 bits per heavy atom. The summed E-state index contributed by atoms with van der Waals surface area (Å²) < 4.78 is 32.6. The minimum Gasteiger partial charge on any atom is -0.385 e. The quantitative estimate of drug-likeness (QED) is 0.637. The second-order valence-corrected chi connectivity index (χ2v) is 9.52. The zero-order valence-corrected chi connectivity index (χ0v) is 17.9. The lowest BCUT2D eigenvalue weighted by Gasteiger charge is -2.18. The molecule has 0 saturated heterocycles. The summed E-state index contributed by atoms with van der Waals surface area (Å²) in [6.45, 7) is 6.21. The van der Waals surface area contributed by atoms with E-state index in [4.69, 9.17) is 0 Å². The van der Waals surface area contributed by atoms with Crippen LogP contribution in [0.15, 0.2) is 27.7 Å². The zero-order chi connectivity index (χ0) is 21.2. The highest BCUT2D eigenvalue weighted by molar-refractivity contribution is 7.89. The number of amides is 1. The average molecular weight is 422 g/mol. The topological polar surface area (TPSA) is 117 Å². The van der Waals surface area contributed by atoms with Crippen molar-refractivity contribution in [3.63, 3.8) is 0 Å². The number of aromatic nitrogens is 2. The Kier molecular flexibility index (Phi) is 6.23. The van der Waals surface area contributed by atoms with Gasteiger partial charge in [-0.3, -0.25) is 4.79 Å². The van der Waals surface area contributed by atoms with Crippen LogP contribution in [0.25, 0.3) is 0 Å². The van der Waals surface area contributed by atoms with Crippen molar-refractivity contribution in [2.75, 3.05) is 18.9 Å². The van der Waals surface area contributed by atoms with E-state index in [1.165, 1.54) is 23.8 Å². The second-order valence-electron chi connectivity index (χ2n) is 7.80. The SMILES string of the molecule is Cc1nonc1CN(C)C(=O)c1cc(NCC2CC2)cc(S(=O)(=O)NC(C)C)c1.